The average molecular weight is 329 g/mol. The van der Waals surface area contributed by atoms with Crippen molar-refractivity contribution in [2.45, 2.75) is 17.9 Å². The molecule has 23 heavy (non-hydrogen) atoms. The predicted octanol–water partition coefficient (Wildman–Crippen LogP) is 1.88. The van der Waals surface area contributed by atoms with Crippen LogP contribution in [0.5, 0.6) is 0 Å². The average Bonchev–Trinajstić information content (AvgIpc) is 2.54. The fourth-order valence-corrected chi connectivity index (χ4v) is 3.20. The minimum atomic E-state index is -3.90. The highest BCUT2D eigenvalue weighted by atomic mass is 32.2. The van der Waals surface area contributed by atoms with Gasteiger partial charge in [-0.15, -0.1) is 0 Å². The molecule has 0 saturated heterocycles. The maximum atomic E-state index is 12.5. The molecule has 6 nitrogen and oxygen atoms in total. The number of nitrogens with one attached hydrogen (secondary N) is 1. The van der Waals surface area contributed by atoms with Gasteiger partial charge >= 0.3 is 6.21 Å². The van der Waals surface area contributed by atoms with Crippen LogP contribution in [-0.4, -0.2) is 25.2 Å². The summed E-state index contributed by atoms with van der Waals surface area (Å²) in [5.41, 5.74) is 9.92. The minimum Gasteiger partial charge on any atom is -0.361 e. The molecule has 0 spiro atoms. The van der Waals surface area contributed by atoms with Crippen molar-refractivity contribution >= 4 is 22.0 Å². The van der Waals surface area contributed by atoms with Crippen molar-refractivity contribution in [1.29, 1.82) is 0 Å². The van der Waals surface area contributed by atoms with Crippen molar-refractivity contribution < 1.29 is 18.0 Å². The number of rotatable bonds is 6. The molecule has 0 unspecified atom stereocenters. The number of carbonyl (C=O) groups excluding carboxylic acids is 1. The van der Waals surface area contributed by atoms with Gasteiger partial charge in [-0.1, -0.05) is 48.0 Å². The molecule has 0 bridgehead atoms. The molecule has 0 heterocycles. The number of hydrogen-bond donors (Lipinski definition) is 1. The van der Waals surface area contributed by atoms with Crippen LogP contribution < -0.4 is 4.72 Å². The number of ketones is 1. The summed E-state index contributed by atoms with van der Waals surface area (Å²) in [7, 11) is -3.90. The van der Waals surface area contributed by atoms with Crippen LogP contribution in [0, 0.1) is 6.92 Å². The second-order valence-corrected chi connectivity index (χ2v) is 6.64. The van der Waals surface area contributed by atoms with Crippen molar-refractivity contribution in [2.24, 2.45) is 0 Å². The van der Waals surface area contributed by atoms with Crippen LogP contribution in [0.1, 0.15) is 17.2 Å². The molecule has 1 N–H and O–H groups in total. The molecule has 0 fully saturated rings. The maximum absolute atomic E-state index is 12.5. The van der Waals surface area contributed by atoms with E-state index in [-0.39, 0.29) is 4.90 Å². The summed E-state index contributed by atoms with van der Waals surface area (Å²) in [6, 6.07) is 13.5. The second-order valence-electron chi connectivity index (χ2n) is 4.92. The van der Waals surface area contributed by atoms with Crippen LogP contribution in [0.3, 0.4) is 0 Å². The molecule has 0 saturated carbocycles. The molecule has 2 aromatic rings. The zero-order valence-electron chi connectivity index (χ0n) is 12.4. The second kappa shape index (κ2) is 7.11. The number of carbonyl (C=O) groups is 1. The van der Waals surface area contributed by atoms with Crippen molar-refractivity contribution in [1.82, 2.24) is 4.72 Å². The lowest BCUT2D eigenvalue weighted by Crippen LogP contribution is -2.34. The van der Waals surface area contributed by atoms with E-state index < -0.39 is 21.8 Å². The Morgan fingerprint density at radius 2 is 1.74 bits per heavy atom. The third kappa shape index (κ3) is 4.20. The number of sulfonamides is 1. The lowest BCUT2D eigenvalue weighted by molar-refractivity contribution is -0.117. The fraction of sp³-hybridized carbons (Fsp3) is 0.125. The van der Waals surface area contributed by atoms with E-state index in [2.05, 4.69) is 9.51 Å². The summed E-state index contributed by atoms with van der Waals surface area (Å²) < 4.78 is 27.3. The van der Waals surface area contributed by atoms with Crippen LogP contribution in [0.4, 0.5) is 0 Å². The Morgan fingerprint density at radius 1 is 1.13 bits per heavy atom. The van der Waals surface area contributed by atoms with Crippen molar-refractivity contribution in [3.8, 4) is 0 Å². The van der Waals surface area contributed by atoms with E-state index in [0.717, 1.165) is 5.56 Å². The van der Waals surface area contributed by atoms with E-state index in [4.69, 9.17) is 5.53 Å². The summed E-state index contributed by atoms with van der Waals surface area (Å²) in [5, 5.41) is 0. The van der Waals surface area contributed by atoms with Gasteiger partial charge < -0.3 is 5.53 Å². The van der Waals surface area contributed by atoms with E-state index in [1.807, 2.05) is 6.92 Å². The lowest BCUT2D eigenvalue weighted by Gasteiger charge is -2.15. The molecule has 7 heteroatoms. The number of aryl methyl sites for hydroxylation is 1. The Kier molecular flexibility index (Phi) is 5.18. The molecule has 118 valence electrons. The van der Waals surface area contributed by atoms with Crippen LogP contribution in [0.2, 0.25) is 0 Å². The number of nitrogens with zero attached hydrogens (tertiary/aromatic N) is 2. The fourth-order valence-electron chi connectivity index (χ4n) is 2.01. The van der Waals surface area contributed by atoms with Crippen LogP contribution >= 0.6 is 0 Å². The molecular weight excluding hydrogens is 314 g/mol. The number of Topliss-reactive ketones (excluding diaryl/α,β-unsaturated/α-hetero) is 1. The normalized spacial score (nSPS) is 12.2. The summed E-state index contributed by atoms with van der Waals surface area (Å²) in [6.45, 7) is 1.85. The van der Waals surface area contributed by atoms with Gasteiger partial charge in [-0.05, 0) is 24.6 Å². The first-order chi connectivity index (χ1) is 10.9. The number of benzene rings is 2. The first kappa shape index (κ1) is 16.8. The minimum absolute atomic E-state index is 0.0535. The first-order valence-electron chi connectivity index (χ1n) is 6.79. The predicted molar refractivity (Wildman–Crippen MR) is 85.4 cm³/mol. The van der Waals surface area contributed by atoms with Crippen molar-refractivity contribution in [3.05, 3.63) is 71.3 Å². The van der Waals surface area contributed by atoms with Gasteiger partial charge in [0.2, 0.25) is 10.0 Å². The molecule has 1 atom stereocenters. The van der Waals surface area contributed by atoms with Crippen molar-refractivity contribution in [2.75, 3.05) is 0 Å². The van der Waals surface area contributed by atoms with E-state index in [1.165, 1.54) is 12.1 Å². The molecule has 0 aliphatic rings. The smallest absolute Gasteiger partial charge is 0.325 e. The van der Waals surface area contributed by atoms with E-state index >= 15 is 0 Å². The molecule has 0 radical (unpaired) electrons. The van der Waals surface area contributed by atoms with E-state index in [0.29, 0.717) is 11.8 Å². The first-order valence-corrected chi connectivity index (χ1v) is 8.27. The number of hydrogen-bond acceptors (Lipinski definition) is 3. The molecule has 2 rings (SSSR count). The monoisotopic (exact) mass is 329 g/mol. The third-order valence-corrected chi connectivity index (χ3v) is 4.65. The highest BCUT2D eigenvalue weighted by Crippen LogP contribution is 2.18. The van der Waals surface area contributed by atoms with Gasteiger partial charge in [0.05, 0.1) is 4.90 Å². The Balaban J connectivity index is 2.39. The summed E-state index contributed by atoms with van der Waals surface area (Å²) in [6.07, 6.45) is 0.676. The SMILES string of the molecule is Cc1ccc(S(=O)(=O)N[C@H](C(=O)C=[N+]=[N-])c2ccccc2)cc1. The van der Waals surface area contributed by atoms with Gasteiger partial charge in [-0.2, -0.15) is 9.51 Å². The third-order valence-electron chi connectivity index (χ3n) is 3.21. The van der Waals surface area contributed by atoms with Crippen LogP contribution in [0.25, 0.3) is 5.53 Å². The standard InChI is InChI=1S/C16H15N3O3S/c1-12-7-9-14(10-8-12)23(21,22)19-16(15(20)11-18-17)13-5-3-2-4-6-13/h2-11,16,19H,1H3/t16-/m0/s1. The highest BCUT2D eigenvalue weighted by molar-refractivity contribution is 7.89. The van der Waals surface area contributed by atoms with Gasteiger partial charge in [0.15, 0.2) is 0 Å². The van der Waals surface area contributed by atoms with Gasteiger partial charge in [0.1, 0.15) is 6.04 Å². The topological polar surface area (TPSA) is 99.6 Å². The summed E-state index contributed by atoms with van der Waals surface area (Å²) in [5.74, 6) is -0.672. The van der Waals surface area contributed by atoms with Crippen molar-refractivity contribution in [3.63, 3.8) is 0 Å². The van der Waals surface area contributed by atoms with Gasteiger partial charge in [-0.3, -0.25) is 4.79 Å². The van der Waals surface area contributed by atoms with E-state index in [1.54, 1.807) is 42.5 Å². The van der Waals surface area contributed by atoms with Gasteiger partial charge in [0.25, 0.3) is 5.78 Å². The van der Waals surface area contributed by atoms with Gasteiger partial charge in [0, 0.05) is 0 Å². The summed E-state index contributed by atoms with van der Waals surface area (Å²) in [4.78, 5) is 14.8. The Bertz CT molecular complexity index is 840. The molecule has 2 aromatic carbocycles. The summed E-state index contributed by atoms with van der Waals surface area (Å²) >= 11 is 0. The maximum Gasteiger partial charge on any atom is 0.325 e. The molecule has 0 aliphatic carbocycles. The largest absolute Gasteiger partial charge is 0.361 e. The zero-order valence-corrected chi connectivity index (χ0v) is 13.2. The molecule has 0 aromatic heterocycles. The quantitative estimate of drug-likeness (QED) is 0.497. The molecule has 0 aliphatic heterocycles. The van der Waals surface area contributed by atoms with Gasteiger partial charge in [-0.25, -0.2) is 8.42 Å². The molecule has 0 amide bonds. The lowest BCUT2D eigenvalue weighted by atomic mass is 10.0. The Morgan fingerprint density at radius 3 is 2.30 bits per heavy atom. The molecular formula is C16H15N3O3S. The van der Waals surface area contributed by atoms with Crippen LogP contribution in [-0.2, 0) is 14.8 Å². The zero-order chi connectivity index (χ0) is 16.9. The highest BCUT2D eigenvalue weighted by Gasteiger charge is 2.28. The Hall–Kier alpha value is -2.60. The Labute approximate surface area is 134 Å². The van der Waals surface area contributed by atoms with Crippen LogP contribution in [0.15, 0.2) is 59.5 Å². The van der Waals surface area contributed by atoms with E-state index in [9.17, 15) is 13.2 Å².